The monoisotopic (exact) mass is 174 g/mol. The van der Waals surface area contributed by atoms with Gasteiger partial charge in [-0.25, -0.2) is 0 Å². The van der Waals surface area contributed by atoms with Crippen molar-refractivity contribution >= 4 is 5.97 Å². The molecule has 0 fully saturated rings. The number of hydrogen-bond donors (Lipinski definition) is 1. The molecule has 2 N–H and O–H groups in total. The van der Waals surface area contributed by atoms with E-state index in [2.05, 4.69) is 5.32 Å². The predicted octanol–water partition coefficient (Wildman–Crippen LogP) is 0.159. The highest BCUT2D eigenvalue weighted by atomic mass is 16.5. The number of carbonyl (C=O) groups is 1. The molecule has 1 unspecified atom stereocenters. The Bertz CT molecular complexity index is 126. The number of ether oxygens (including phenoxy) is 1. The van der Waals surface area contributed by atoms with Crippen molar-refractivity contribution in [3.8, 4) is 0 Å². The summed E-state index contributed by atoms with van der Waals surface area (Å²) in [7, 11) is 2.01. The van der Waals surface area contributed by atoms with Gasteiger partial charge in [0.25, 0.3) is 0 Å². The molecular weight excluding hydrogens is 154 g/mol. The molecule has 0 bridgehead atoms. The minimum absolute atomic E-state index is 0.0515. The Balaban J connectivity index is 3.31. The highest BCUT2D eigenvalue weighted by Gasteiger charge is 2.10. The van der Waals surface area contributed by atoms with Crippen molar-refractivity contribution < 1.29 is 14.8 Å². The highest BCUT2D eigenvalue weighted by molar-refractivity contribution is 5.71. The molecule has 0 saturated heterocycles. The smallest absolute Gasteiger partial charge is 0.308 e. The van der Waals surface area contributed by atoms with Crippen molar-refractivity contribution in [2.75, 3.05) is 20.2 Å². The third-order valence-corrected chi connectivity index (χ3v) is 1.90. The Morgan fingerprint density at radius 1 is 1.58 bits per heavy atom. The molecule has 0 aliphatic heterocycles. The first-order valence-electron chi connectivity index (χ1n) is 4.66. The molecule has 0 amide bonds. The molecule has 0 spiro atoms. The highest BCUT2D eigenvalue weighted by Crippen LogP contribution is 2.02. The van der Waals surface area contributed by atoms with Crippen molar-refractivity contribution in [3.05, 3.63) is 0 Å². The number of hydrogen-bond acceptors (Lipinski definition) is 2. The molecule has 0 aromatic rings. The van der Waals surface area contributed by atoms with Crippen LogP contribution >= 0.6 is 0 Å². The van der Waals surface area contributed by atoms with Gasteiger partial charge < -0.3 is 10.1 Å². The van der Waals surface area contributed by atoms with Gasteiger partial charge in [-0.3, -0.25) is 4.79 Å². The van der Waals surface area contributed by atoms with Crippen molar-refractivity contribution in [2.45, 2.75) is 26.7 Å². The Hall–Kier alpha value is -0.570. The number of nitrogens with two attached hydrogens (primary N) is 1. The van der Waals surface area contributed by atoms with Gasteiger partial charge >= 0.3 is 5.97 Å². The molecular formula is C9H20NO2+. The zero-order valence-electron chi connectivity index (χ0n) is 8.30. The van der Waals surface area contributed by atoms with E-state index < -0.39 is 0 Å². The van der Waals surface area contributed by atoms with Gasteiger partial charge in [-0.1, -0.05) is 13.8 Å². The minimum Gasteiger partial charge on any atom is -0.465 e. The van der Waals surface area contributed by atoms with Gasteiger partial charge in [0.2, 0.25) is 0 Å². The van der Waals surface area contributed by atoms with Crippen LogP contribution in [0.1, 0.15) is 26.7 Å². The number of carbonyl (C=O) groups excluding carboxylic acids is 1. The SMILES string of the molecule is CCC(C)C(=O)OCCC[NH2+]C. The van der Waals surface area contributed by atoms with Crippen LogP contribution in [0, 0.1) is 5.92 Å². The summed E-state index contributed by atoms with van der Waals surface area (Å²) in [5.74, 6) is -0.00999. The fourth-order valence-corrected chi connectivity index (χ4v) is 0.769. The summed E-state index contributed by atoms with van der Waals surface area (Å²) in [5.41, 5.74) is 0. The maximum Gasteiger partial charge on any atom is 0.308 e. The lowest BCUT2D eigenvalue weighted by Crippen LogP contribution is -2.79. The number of rotatable bonds is 6. The van der Waals surface area contributed by atoms with Crippen LogP contribution in [0.3, 0.4) is 0 Å². The second kappa shape index (κ2) is 7.10. The summed E-state index contributed by atoms with van der Waals surface area (Å²) in [5, 5.41) is 2.08. The van der Waals surface area contributed by atoms with Crippen molar-refractivity contribution in [3.63, 3.8) is 0 Å². The molecule has 0 aliphatic carbocycles. The topological polar surface area (TPSA) is 42.9 Å². The Morgan fingerprint density at radius 3 is 2.75 bits per heavy atom. The van der Waals surface area contributed by atoms with Gasteiger partial charge in [0.1, 0.15) is 0 Å². The van der Waals surface area contributed by atoms with E-state index in [1.54, 1.807) is 0 Å². The van der Waals surface area contributed by atoms with Gasteiger partial charge in [-0.15, -0.1) is 0 Å². The van der Waals surface area contributed by atoms with Crippen LogP contribution in [-0.2, 0) is 9.53 Å². The maximum absolute atomic E-state index is 11.1. The van der Waals surface area contributed by atoms with E-state index in [4.69, 9.17) is 4.74 Å². The van der Waals surface area contributed by atoms with Crippen LogP contribution in [0.2, 0.25) is 0 Å². The van der Waals surface area contributed by atoms with Gasteiger partial charge in [0.15, 0.2) is 0 Å². The molecule has 0 aromatic carbocycles. The molecule has 3 nitrogen and oxygen atoms in total. The lowest BCUT2D eigenvalue weighted by Gasteiger charge is -2.07. The lowest BCUT2D eigenvalue weighted by molar-refractivity contribution is -0.627. The van der Waals surface area contributed by atoms with Gasteiger partial charge in [0, 0.05) is 6.42 Å². The minimum atomic E-state index is -0.0615. The van der Waals surface area contributed by atoms with Crippen LogP contribution in [0.15, 0.2) is 0 Å². The molecule has 72 valence electrons. The summed E-state index contributed by atoms with van der Waals surface area (Å²) in [6.07, 6.45) is 1.80. The Labute approximate surface area is 74.5 Å². The van der Waals surface area contributed by atoms with Gasteiger partial charge in [0.05, 0.1) is 26.1 Å². The molecule has 0 saturated carbocycles. The second-order valence-corrected chi connectivity index (χ2v) is 3.03. The lowest BCUT2D eigenvalue weighted by atomic mass is 10.1. The molecule has 0 aliphatic rings. The summed E-state index contributed by atoms with van der Waals surface area (Å²) in [4.78, 5) is 11.1. The third kappa shape index (κ3) is 5.13. The first-order chi connectivity index (χ1) is 5.72. The van der Waals surface area contributed by atoms with E-state index in [0.29, 0.717) is 6.61 Å². The van der Waals surface area contributed by atoms with Crippen molar-refractivity contribution in [1.82, 2.24) is 0 Å². The quantitative estimate of drug-likeness (QED) is 0.460. The number of quaternary nitrogens is 1. The fourth-order valence-electron chi connectivity index (χ4n) is 0.769. The summed E-state index contributed by atoms with van der Waals surface area (Å²) in [6, 6.07) is 0. The molecule has 0 heterocycles. The summed E-state index contributed by atoms with van der Waals surface area (Å²) < 4.78 is 5.04. The molecule has 3 heteroatoms. The normalized spacial score (nSPS) is 12.6. The largest absolute Gasteiger partial charge is 0.465 e. The van der Waals surface area contributed by atoms with E-state index in [-0.39, 0.29) is 11.9 Å². The average molecular weight is 174 g/mol. The van der Waals surface area contributed by atoms with Gasteiger partial charge in [-0.05, 0) is 6.42 Å². The van der Waals surface area contributed by atoms with Gasteiger partial charge in [-0.2, -0.15) is 0 Å². The molecule has 12 heavy (non-hydrogen) atoms. The Kier molecular flexibility index (Phi) is 6.76. The predicted molar refractivity (Wildman–Crippen MR) is 47.7 cm³/mol. The summed E-state index contributed by atoms with van der Waals surface area (Å²) >= 11 is 0. The van der Waals surface area contributed by atoms with Crippen molar-refractivity contribution in [1.29, 1.82) is 0 Å². The van der Waals surface area contributed by atoms with Crippen LogP contribution in [-0.4, -0.2) is 26.2 Å². The second-order valence-electron chi connectivity index (χ2n) is 3.03. The molecule has 1 atom stereocenters. The molecule has 0 rings (SSSR count). The van der Waals surface area contributed by atoms with E-state index in [9.17, 15) is 4.79 Å². The van der Waals surface area contributed by atoms with Crippen LogP contribution in [0.4, 0.5) is 0 Å². The number of esters is 1. The average Bonchev–Trinajstić information content (AvgIpc) is 2.10. The first-order valence-corrected chi connectivity index (χ1v) is 4.66. The standard InChI is InChI=1S/C9H19NO2/c1-4-8(2)9(11)12-7-5-6-10-3/h8,10H,4-7H2,1-3H3/p+1. The van der Waals surface area contributed by atoms with E-state index in [1.165, 1.54) is 0 Å². The van der Waals surface area contributed by atoms with Crippen LogP contribution in [0.5, 0.6) is 0 Å². The zero-order valence-corrected chi connectivity index (χ0v) is 8.30. The third-order valence-electron chi connectivity index (χ3n) is 1.90. The summed E-state index contributed by atoms with van der Waals surface area (Å²) in [6.45, 7) is 5.47. The van der Waals surface area contributed by atoms with E-state index >= 15 is 0 Å². The fraction of sp³-hybridized carbons (Fsp3) is 0.889. The Morgan fingerprint density at radius 2 is 2.25 bits per heavy atom. The maximum atomic E-state index is 11.1. The van der Waals surface area contributed by atoms with E-state index in [1.807, 2.05) is 20.9 Å². The van der Waals surface area contributed by atoms with Crippen molar-refractivity contribution in [2.24, 2.45) is 5.92 Å². The molecule has 0 aromatic heterocycles. The zero-order chi connectivity index (χ0) is 9.40. The first kappa shape index (κ1) is 11.4. The van der Waals surface area contributed by atoms with E-state index in [0.717, 1.165) is 19.4 Å². The molecule has 0 radical (unpaired) electrons. The van der Waals surface area contributed by atoms with Crippen LogP contribution in [0.25, 0.3) is 0 Å². The van der Waals surface area contributed by atoms with Crippen LogP contribution < -0.4 is 5.32 Å².